The fourth-order valence-corrected chi connectivity index (χ4v) is 7.95. The molecule has 1 saturated heterocycles. The SMILES string of the molecule is COc1ccc(S(=O)(=O)N2CCN(S(=O)(=O)C3c4cc(Br)ccc4NC3C(N)=O)CC2)cc1. The van der Waals surface area contributed by atoms with Gasteiger partial charge in [-0.2, -0.15) is 8.61 Å². The second-order valence-corrected chi connectivity index (χ2v) is 12.6. The fourth-order valence-electron chi connectivity index (χ4n) is 4.10. The quantitative estimate of drug-likeness (QED) is 0.541. The zero-order valence-electron chi connectivity index (χ0n) is 17.6. The number of fused-ring (bicyclic) bond motifs is 1. The van der Waals surface area contributed by atoms with Crippen LogP contribution in [0.15, 0.2) is 51.8 Å². The first kappa shape index (κ1) is 24.0. The lowest BCUT2D eigenvalue weighted by Crippen LogP contribution is -2.53. The minimum atomic E-state index is -4.02. The number of halogens is 1. The molecule has 0 spiro atoms. The standard InChI is InChI=1S/C20H23BrN4O6S2/c1-31-14-3-5-15(6-4-14)32(27,28)24-8-10-25(11-9-24)33(29,30)19-16-12-13(21)2-7-17(16)23-18(19)20(22)26/h2-7,12,18-19,23H,8-11H2,1H3,(H2,22,26). The Morgan fingerprint density at radius 2 is 1.64 bits per heavy atom. The first-order valence-electron chi connectivity index (χ1n) is 10.0. The molecule has 13 heteroatoms. The number of nitrogens with zero attached hydrogens (tertiary/aromatic N) is 2. The Labute approximate surface area is 200 Å². The second-order valence-electron chi connectivity index (χ2n) is 7.70. The molecule has 3 N–H and O–H groups in total. The summed E-state index contributed by atoms with van der Waals surface area (Å²) in [6.45, 7) is -0.104. The normalized spacial score (nSPS) is 21.9. The molecule has 0 bridgehead atoms. The van der Waals surface area contributed by atoms with Crippen molar-refractivity contribution in [2.45, 2.75) is 16.2 Å². The Morgan fingerprint density at radius 1 is 1.03 bits per heavy atom. The predicted molar refractivity (Wildman–Crippen MR) is 126 cm³/mol. The van der Waals surface area contributed by atoms with E-state index < -0.39 is 37.2 Å². The monoisotopic (exact) mass is 558 g/mol. The number of benzene rings is 2. The average Bonchev–Trinajstić information content (AvgIpc) is 3.19. The van der Waals surface area contributed by atoms with Crippen molar-refractivity contribution in [2.75, 3.05) is 38.6 Å². The molecule has 178 valence electrons. The molecular formula is C20H23BrN4O6S2. The second kappa shape index (κ2) is 8.87. The molecule has 2 atom stereocenters. The highest BCUT2D eigenvalue weighted by atomic mass is 79.9. The molecule has 2 aliphatic rings. The van der Waals surface area contributed by atoms with Gasteiger partial charge in [0.2, 0.25) is 26.0 Å². The van der Waals surface area contributed by atoms with Crippen LogP contribution in [-0.2, 0) is 24.8 Å². The van der Waals surface area contributed by atoms with E-state index in [1.165, 1.54) is 27.9 Å². The van der Waals surface area contributed by atoms with Crippen molar-refractivity contribution in [2.24, 2.45) is 5.73 Å². The minimum absolute atomic E-state index is 0.0136. The molecule has 10 nitrogen and oxygen atoms in total. The number of hydrogen-bond donors (Lipinski definition) is 2. The van der Waals surface area contributed by atoms with Gasteiger partial charge in [0.15, 0.2) is 0 Å². The lowest BCUT2D eigenvalue weighted by Gasteiger charge is -2.35. The van der Waals surface area contributed by atoms with Crippen LogP contribution in [0.5, 0.6) is 5.75 Å². The molecule has 2 aromatic rings. The number of primary amides is 1. The van der Waals surface area contributed by atoms with Gasteiger partial charge in [0, 0.05) is 36.3 Å². The molecule has 2 unspecified atom stereocenters. The van der Waals surface area contributed by atoms with E-state index >= 15 is 0 Å². The number of carbonyl (C=O) groups excluding carboxylic acids is 1. The van der Waals surface area contributed by atoms with Crippen molar-refractivity contribution in [1.82, 2.24) is 8.61 Å². The first-order chi connectivity index (χ1) is 15.6. The van der Waals surface area contributed by atoms with Gasteiger partial charge in [-0.1, -0.05) is 15.9 Å². The first-order valence-corrected chi connectivity index (χ1v) is 13.8. The maximum absolute atomic E-state index is 13.6. The molecule has 1 fully saturated rings. The molecule has 4 rings (SSSR count). The van der Waals surface area contributed by atoms with Gasteiger partial charge in [-0.15, -0.1) is 0 Å². The van der Waals surface area contributed by atoms with Crippen LogP contribution in [0, 0.1) is 0 Å². The Balaban J connectivity index is 1.55. The highest BCUT2D eigenvalue weighted by Crippen LogP contribution is 2.42. The van der Waals surface area contributed by atoms with Gasteiger partial charge in [0.1, 0.15) is 17.0 Å². The molecular weight excluding hydrogens is 536 g/mol. The maximum Gasteiger partial charge on any atom is 0.243 e. The number of rotatable bonds is 6. The van der Waals surface area contributed by atoms with Crippen LogP contribution >= 0.6 is 15.9 Å². The number of ether oxygens (including phenoxy) is 1. The molecule has 1 amide bonds. The molecule has 0 aromatic heterocycles. The van der Waals surface area contributed by atoms with Crippen LogP contribution in [0.3, 0.4) is 0 Å². The summed E-state index contributed by atoms with van der Waals surface area (Å²) < 4.78 is 61.3. The van der Waals surface area contributed by atoms with Gasteiger partial charge in [-0.3, -0.25) is 4.79 Å². The van der Waals surface area contributed by atoms with Crippen molar-refractivity contribution in [1.29, 1.82) is 0 Å². The Hall–Kier alpha value is -2.19. The molecule has 2 aromatic carbocycles. The van der Waals surface area contributed by atoms with Gasteiger partial charge in [-0.25, -0.2) is 16.8 Å². The van der Waals surface area contributed by atoms with Crippen LogP contribution < -0.4 is 15.8 Å². The summed E-state index contributed by atoms with van der Waals surface area (Å²) in [4.78, 5) is 12.2. The Bertz CT molecular complexity index is 1280. The zero-order chi connectivity index (χ0) is 24.0. The third kappa shape index (κ3) is 4.35. The lowest BCUT2D eigenvalue weighted by atomic mass is 10.1. The predicted octanol–water partition coefficient (Wildman–Crippen LogP) is 1.11. The number of carbonyl (C=O) groups is 1. The number of methoxy groups -OCH3 is 1. The summed E-state index contributed by atoms with van der Waals surface area (Å²) in [7, 11) is -6.32. The Kier molecular flexibility index (Phi) is 6.44. The van der Waals surface area contributed by atoms with Gasteiger partial charge in [0.25, 0.3) is 0 Å². The number of sulfonamides is 2. The third-order valence-corrected chi connectivity index (χ3v) is 10.5. The van der Waals surface area contributed by atoms with Gasteiger partial charge < -0.3 is 15.8 Å². The number of amides is 1. The summed E-state index contributed by atoms with van der Waals surface area (Å²) in [5.74, 6) is -0.248. The summed E-state index contributed by atoms with van der Waals surface area (Å²) in [6.07, 6.45) is 0. The van der Waals surface area contributed by atoms with Crippen molar-refractivity contribution >= 4 is 47.6 Å². The summed E-state index contributed by atoms with van der Waals surface area (Å²) in [5.41, 5.74) is 6.47. The highest BCUT2D eigenvalue weighted by Gasteiger charge is 2.48. The third-order valence-electron chi connectivity index (χ3n) is 5.82. The van der Waals surface area contributed by atoms with Crippen molar-refractivity contribution in [3.8, 4) is 5.75 Å². The van der Waals surface area contributed by atoms with E-state index in [1.54, 1.807) is 30.3 Å². The van der Waals surface area contributed by atoms with E-state index in [9.17, 15) is 21.6 Å². The maximum atomic E-state index is 13.6. The van der Waals surface area contributed by atoms with Crippen LogP contribution in [0.25, 0.3) is 0 Å². The summed E-state index contributed by atoms with van der Waals surface area (Å²) in [5, 5.41) is 1.70. The molecule has 0 saturated carbocycles. The number of anilines is 1. The lowest BCUT2D eigenvalue weighted by molar-refractivity contribution is -0.118. The van der Waals surface area contributed by atoms with E-state index in [-0.39, 0.29) is 31.1 Å². The number of hydrogen-bond acceptors (Lipinski definition) is 7. The van der Waals surface area contributed by atoms with Gasteiger partial charge in [0.05, 0.1) is 12.0 Å². The number of nitrogens with one attached hydrogen (secondary N) is 1. The van der Waals surface area contributed by atoms with E-state index in [1.807, 2.05) is 0 Å². The highest BCUT2D eigenvalue weighted by molar-refractivity contribution is 9.10. The smallest absolute Gasteiger partial charge is 0.243 e. The molecule has 2 heterocycles. The average molecular weight is 559 g/mol. The summed E-state index contributed by atoms with van der Waals surface area (Å²) >= 11 is 3.34. The van der Waals surface area contributed by atoms with Crippen molar-refractivity contribution in [3.05, 3.63) is 52.5 Å². The zero-order valence-corrected chi connectivity index (χ0v) is 20.9. The molecule has 2 aliphatic heterocycles. The number of piperazine rings is 1. The van der Waals surface area contributed by atoms with E-state index in [2.05, 4.69) is 21.2 Å². The molecule has 0 radical (unpaired) electrons. The fraction of sp³-hybridized carbons (Fsp3) is 0.350. The minimum Gasteiger partial charge on any atom is -0.497 e. The van der Waals surface area contributed by atoms with E-state index in [0.29, 0.717) is 21.5 Å². The van der Waals surface area contributed by atoms with Crippen molar-refractivity contribution in [3.63, 3.8) is 0 Å². The van der Waals surface area contributed by atoms with Crippen LogP contribution in [0.1, 0.15) is 10.8 Å². The largest absolute Gasteiger partial charge is 0.497 e. The van der Waals surface area contributed by atoms with Gasteiger partial charge in [-0.05, 0) is 48.0 Å². The molecule has 0 aliphatic carbocycles. The Morgan fingerprint density at radius 3 is 2.21 bits per heavy atom. The summed E-state index contributed by atoms with van der Waals surface area (Å²) in [6, 6.07) is 9.96. The van der Waals surface area contributed by atoms with E-state index in [4.69, 9.17) is 10.5 Å². The van der Waals surface area contributed by atoms with Crippen LogP contribution in [0.4, 0.5) is 5.69 Å². The van der Waals surface area contributed by atoms with E-state index in [0.717, 1.165) is 0 Å². The van der Waals surface area contributed by atoms with Crippen LogP contribution in [0.2, 0.25) is 0 Å². The molecule has 33 heavy (non-hydrogen) atoms. The van der Waals surface area contributed by atoms with Crippen LogP contribution in [-0.4, -0.2) is 70.7 Å². The van der Waals surface area contributed by atoms with Crippen molar-refractivity contribution < 1.29 is 26.4 Å². The topological polar surface area (TPSA) is 139 Å². The van der Waals surface area contributed by atoms with Gasteiger partial charge >= 0.3 is 0 Å². The number of nitrogens with two attached hydrogens (primary N) is 1.